The molecule has 1 saturated heterocycles. The molecule has 0 aromatic carbocycles. The predicted molar refractivity (Wildman–Crippen MR) is 78.1 cm³/mol. The van der Waals surface area contributed by atoms with Crippen molar-refractivity contribution in [1.29, 1.82) is 0 Å². The monoisotopic (exact) mass is 317 g/mol. The maximum Gasteiger partial charge on any atom is 0.214 e. The van der Waals surface area contributed by atoms with Crippen molar-refractivity contribution < 1.29 is 13.2 Å². The van der Waals surface area contributed by atoms with Crippen LogP contribution in [0.4, 0.5) is 0 Å². The van der Waals surface area contributed by atoms with Crippen LogP contribution in [-0.2, 0) is 28.4 Å². The minimum Gasteiger partial charge on any atom is -0.385 e. The fraction of sp³-hybridized carbons (Fsp3) is 0.833. The largest absolute Gasteiger partial charge is 0.385 e. The fourth-order valence-electron chi connectivity index (χ4n) is 2.38. The summed E-state index contributed by atoms with van der Waals surface area (Å²) in [6, 6.07) is 0. The summed E-state index contributed by atoms with van der Waals surface area (Å²) in [5, 5.41) is 7.95. The number of sulfonamides is 1. The molecule has 0 spiro atoms. The third-order valence-electron chi connectivity index (χ3n) is 3.51. The quantitative estimate of drug-likeness (QED) is 0.619. The molecule has 8 nitrogen and oxygen atoms in total. The Morgan fingerprint density at radius 1 is 1.29 bits per heavy atom. The molecule has 120 valence electrons. The van der Waals surface area contributed by atoms with Crippen molar-refractivity contribution in [2.45, 2.75) is 13.0 Å². The van der Waals surface area contributed by atoms with Crippen molar-refractivity contribution in [1.82, 2.24) is 24.2 Å². The van der Waals surface area contributed by atoms with E-state index < -0.39 is 10.0 Å². The summed E-state index contributed by atoms with van der Waals surface area (Å²) in [4.78, 5) is 2.20. The summed E-state index contributed by atoms with van der Waals surface area (Å²) in [7, 11) is 0.262. The molecule has 1 aromatic rings. The third kappa shape index (κ3) is 4.73. The topological polar surface area (TPSA) is 80.6 Å². The number of ether oxygens (including phenoxy) is 1. The molecule has 1 aliphatic heterocycles. The number of hydrogen-bond acceptors (Lipinski definition) is 6. The van der Waals surface area contributed by atoms with Gasteiger partial charge in [-0.15, -0.1) is 5.10 Å². The highest BCUT2D eigenvalue weighted by Gasteiger charge is 2.26. The van der Waals surface area contributed by atoms with Crippen LogP contribution >= 0.6 is 0 Å². The first-order valence-electron chi connectivity index (χ1n) is 7.05. The highest BCUT2D eigenvalue weighted by Crippen LogP contribution is 2.11. The molecular formula is C12H23N5O3S. The van der Waals surface area contributed by atoms with Crippen LogP contribution in [0, 0.1) is 0 Å². The maximum atomic E-state index is 12.2. The summed E-state index contributed by atoms with van der Waals surface area (Å²) in [5.41, 5.74) is 0.911. The Balaban J connectivity index is 1.79. The molecule has 1 aromatic heterocycles. The number of rotatable bonds is 7. The summed E-state index contributed by atoms with van der Waals surface area (Å²) in [6.07, 6.45) is 2.42. The fourth-order valence-corrected chi connectivity index (χ4v) is 3.84. The van der Waals surface area contributed by atoms with Crippen LogP contribution in [0.3, 0.4) is 0 Å². The summed E-state index contributed by atoms with van der Waals surface area (Å²) in [6.45, 7) is 3.71. The van der Waals surface area contributed by atoms with Gasteiger partial charge in [-0.3, -0.25) is 9.58 Å². The van der Waals surface area contributed by atoms with Crippen LogP contribution < -0.4 is 0 Å². The van der Waals surface area contributed by atoms with Gasteiger partial charge < -0.3 is 4.74 Å². The molecule has 0 N–H and O–H groups in total. The number of hydrogen-bond donors (Lipinski definition) is 0. The summed E-state index contributed by atoms with van der Waals surface area (Å²) >= 11 is 0. The lowest BCUT2D eigenvalue weighted by Crippen LogP contribution is -2.48. The van der Waals surface area contributed by atoms with Crippen LogP contribution in [0.25, 0.3) is 0 Å². The van der Waals surface area contributed by atoms with Crippen molar-refractivity contribution in [3.63, 3.8) is 0 Å². The second-order valence-electron chi connectivity index (χ2n) is 5.22. The van der Waals surface area contributed by atoms with E-state index >= 15 is 0 Å². The minimum absolute atomic E-state index is 0.158. The van der Waals surface area contributed by atoms with Gasteiger partial charge in [0.25, 0.3) is 0 Å². The van der Waals surface area contributed by atoms with Crippen molar-refractivity contribution in [3.8, 4) is 0 Å². The number of aryl methyl sites for hydroxylation is 1. The van der Waals surface area contributed by atoms with E-state index in [0.29, 0.717) is 32.7 Å². The van der Waals surface area contributed by atoms with Gasteiger partial charge in [0.2, 0.25) is 10.0 Å². The molecule has 0 saturated carbocycles. The molecule has 0 unspecified atom stereocenters. The zero-order chi connectivity index (χ0) is 15.3. The molecule has 2 heterocycles. The van der Waals surface area contributed by atoms with Gasteiger partial charge in [-0.05, 0) is 6.42 Å². The van der Waals surface area contributed by atoms with Crippen LogP contribution in [0.15, 0.2) is 6.20 Å². The first-order chi connectivity index (χ1) is 10.0. The second-order valence-corrected chi connectivity index (χ2v) is 7.31. The number of methoxy groups -OCH3 is 1. The third-order valence-corrected chi connectivity index (χ3v) is 5.47. The predicted octanol–water partition coefficient (Wildman–Crippen LogP) is -0.701. The summed E-state index contributed by atoms with van der Waals surface area (Å²) < 4.78 is 32.5. The number of piperazine rings is 1. The Morgan fingerprint density at radius 3 is 2.57 bits per heavy atom. The number of nitrogens with zero attached hydrogens (tertiary/aromatic N) is 5. The Morgan fingerprint density at radius 2 is 2.00 bits per heavy atom. The molecule has 21 heavy (non-hydrogen) atoms. The average Bonchev–Trinajstić information content (AvgIpc) is 2.85. The molecule has 0 atom stereocenters. The highest BCUT2D eigenvalue weighted by molar-refractivity contribution is 7.89. The van der Waals surface area contributed by atoms with Crippen molar-refractivity contribution >= 4 is 10.0 Å². The zero-order valence-corrected chi connectivity index (χ0v) is 13.4. The van der Waals surface area contributed by atoms with Gasteiger partial charge in [0.05, 0.1) is 11.4 Å². The molecular weight excluding hydrogens is 294 g/mol. The average molecular weight is 317 g/mol. The zero-order valence-electron chi connectivity index (χ0n) is 12.6. The van der Waals surface area contributed by atoms with E-state index in [1.165, 1.54) is 0 Å². The lowest BCUT2D eigenvalue weighted by Gasteiger charge is -2.33. The van der Waals surface area contributed by atoms with E-state index in [1.54, 1.807) is 16.1 Å². The Bertz CT molecular complexity index is 537. The Hall–Kier alpha value is -1.03. The minimum atomic E-state index is -3.15. The SMILES string of the molecule is COCCCS(=O)(=O)N1CCN(Cc2cn(C)nn2)CC1. The standard InChI is InChI=1S/C12H23N5O3S/c1-15-10-12(13-14-15)11-16-4-6-17(7-5-16)21(18,19)9-3-8-20-2/h10H,3-9,11H2,1-2H3. The molecule has 0 bridgehead atoms. The lowest BCUT2D eigenvalue weighted by atomic mass is 10.3. The van der Waals surface area contributed by atoms with Gasteiger partial charge in [-0.25, -0.2) is 8.42 Å². The maximum absolute atomic E-state index is 12.2. The van der Waals surface area contributed by atoms with Gasteiger partial charge in [0.1, 0.15) is 0 Å². The van der Waals surface area contributed by atoms with E-state index in [2.05, 4.69) is 15.2 Å². The first kappa shape index (κ1) is 16.3. The van der Waals surface area contributed by atoms with Crippen molar-refractivity contribution in [3.05, 3.63) is 11.9 Å². The highest BCUT2D eigenvalue weighted by atomic mass is 32.2. The Kier molecular flexibility index (Phi) is 5.68. The summed E-state index contributed by atoms with van der Waals surface area (Å²) in [5.74, 6) is 0.158. The molecule has 0 amide bonds. The van der Waals surface area contributed by atoms with Crippen LogP contribution in [0.2, 0.25) is 0 Å². The van der Waals surface area contributed by atoms with E-state index in [-0.39, 0.29) is 5.75 Å². The van der Waals surface area contributed by atoms with Gasteiger partial charge >= 0.3 is 0 Å². The van der Waals surface area contributed by atoms with Crippen molar-refractivity contribution in [2.75, 3.05) is 45.6 Å². The number of aromatic nitrogens is 3. The lowest BCUT2D eigenvalue weighted by molar-refractivity contribution is 0.178. The molecule has 0 aliphatic carbocycles. The van der Waals surface area contributed by atoms with E-state index in [1.807, 2.05) is 13.2 Å². The first-order valence-corrected chi connectivity index (χ1v) is 8.66. The van der Waals surface area contributed by atoms with Gasteiger partial charge in [-0.2, -0.15) is 4.31 Å². The van der Waals surface area contributed by atoms with E-state index in [4.69, 9.17) is 4.74 Å². The van der Waals surface area contributed by atoms with Gasteiger partial charge in [0, 0.05) is 59.7 Å². The molecule has 0 radical (unpaired) electrons. The second kappa shape index (κ2) is 7.30. The van der Waals surface area contributed by atoms with E-state index in [9.17, 15) is 8.42 Å². The van der Waals surface area contributed by atoms with Crippen LogP contribution in [0.5, 0.6) is 0 Å². The van der Waals surface area contributed by atoms with Gasteiger partial charge in [0.15, 0.2) is 0 Å². The van der Waals surface area contributed by atoms with Crippen LogP contribution in [-0.4, -0.2) is 78.3 Å². The molecule has 9 heteroatoms. The molecule has 1 fully saturated rings. The normalized spacial score (nSPS) is 18.2. The smallest absolute Gasteiger partial charge is 0.214 e. The molecule has 2 rings (SSSR count). The van der Waals surface area contributed by atoms with Gasteiger partial charge in [-0.1, -0.05) is 5.21 Å². The van der Waals surface area contributed by atoms with Crippen molar-refractivity contribution in [2.24, 2.45) is 7.05 Å². The Labute approximate surface area is 125 Å². The molecule has 1 aliphatic rings. The van der Waals surface area contributed by atoms with E-state index in [0.717, 1.165) is 18.8 Å². The van der Waals surface area contributed by atoms with Crippen LogP contribution in [0.1, 0.15) is 12.1 Å².